The minimum absolute atomic E-state index is 0. The van der Waals surface area contributed by atoms with Crippen LogP contribution in [0.2, 0.25) is 0 Å². The zero-order valence-corrected chi connectivity index (χ0v) is 11.7. The predicted molar refractivity (Wildman–Crippen MR) is 72.7 cm³/mol. The SMILES string of the molecule is Cl.NCC1(C(=O)N2CCSCC2)CCOCC1. The molecular formula is C11H21ClN2O2S. The van der Waals surface area contributed by atoms with Crippen LogP contribution in [0.5, 0.6) is 0 Å². The second-order valence-corrected chi connectivity index (χ2v) is 5.73. The number of halogens is 1. The molecule has 0 aromatic rings. The minimum Gasteiger partial charge on any atom is -0.381 e. The molecule has 0 atom stereocenters. The molecule has 17 heavy (non-hydrogen) atoms. The maximum atomic E-state index is 12.5. The van der Waals surface area contributed by atoms with E-state index in [2.05, 4.69) is 0 Å². The lowest BCUT2D eigenvalue weighted by molar-refractivity contribution is -0.146. The van der Waals surface area contributed by atoms with Crippen molar-refractivity contribution in [2.75, 3.05) is 44.4 Å². The summed E-state index contributed by atoms with van der Waals surface area (Å²) in [6.07, 6.45) is 1.57. The Morgan fingerprint density at radius 3 is 2.41 bits per heavy atom. The minimum atomic E-state index is -0.333. The summed E-state index contributed by atoms with van der Waals surface area (Å²) in [7, 11) is 0. The number of carbonyl (C=O) groups excluding carboxylic acids is 1. The van der Waals surface area contributed by atoms with Gasteiger partial charge in [0, 0.05) is 44.4 Å². The zero-order chi connectivity index (χ0) is 11.4. The summed E-state index contributed by atoms with van der Waals surface area (Å²) in [6.45, 7) is 3.56. The van der Waals surface area contributed by atoms with Crippen LogP contribution in [0.25, 0.3) is 0 Å². The Morgan fingerprint density at radius 1 is 1.29 bits per heavy atom. The van der Waals surface area contributed by atoms with Gasteiger partial charge in [0.15, 0.2) is 0 Å². The molecule has 4 nitrogen and oxygen atoms in total. The Hall–Kier alpha value is 0.0300. The first-order valence-electron chi connectivity index (χ1n) is 5.93. The number of hydrogen-bond acceptors (Lipinski definition) is 4. The number of hydrogen-bond donors (Lipinski definition) is 1. The molecule has 2 fully saturated rings. The lowest BCUT2D eigenvalue weighted by Gasteiger charge is -2.40. The first-order chi connectivity index (χ1) is 7.78. The van der Waals surface area contributed by atoms with Crippen molar-refractivity contribution in [3.63, 3.8) is 0 Å². The van der Waals surface area contributed by atoms with E-state index in [1.54, 1.807) is 0 Å². The molecule has 0 aromatic heterocycles. The van der Waals surface area contributed by atoms with Crippen molar-refractivity contribution in [2.24, 2.45) is 11.1 Å². The largest absolute Gasteiger partial charge is 0.381 e. The quantitative estimate of drug-likeness (QED) is 0.811. The van der Waals surface area contributed by atoms with E-state index in [1.807, 2.05) is 16.7 Å². The molecule has 1 amide bonds. The third-order valence-corrected chi connectivity index (χ3v) is 4.54. The number of rotatable bonds is 2. The molecule has 0 saturated carbocycles. The van der Waals surface area contributed by atoms with E-state index in [0.29, 0.717) is 19.8 Å². The van der Waals surface area contributed by atoms with Crippen LogP contribution in [0, 0.1) is 5.41 Å². The Bertz CT molecular complexity index is 254. The van der Waals surface area contributed by atoms with Gasteiger partial charge < -0.3 is 15.4 Å². The summed E-state index contributed by atoms with van der Waals surface area (Å²) >= 11 is 1.92. The van der Waals surface area contributed by atoms with Crippen molar-refractivity contribution < 1.29 is 9.53 Å². The molecule has 0 unspecified atom stereocenters. The third-order valence-electron chi connectivity index (χ3n) is 3.59. The molecule has 2 rings (SSSR count). The van der Waals surface area contributed by atoms with E-state index >= 15 is 0 Å². The normalized spacial score (nSPS) is 23.9. The van der Waals surface area contributed by atoms with Gasteiger partial charge in [-0.3, -0.25) is 4.79 Å². The molecule has 0 aromatic carbocycles. The van der Waals surface area contributed by atoms with E-state index in [4.69, 9.17) is 10.5 Å². The summed E-state index contributed by atoms with van der Waals surface area (Å²) in [4.78, 5) is 14.5. The fraction of sp³-hybridized carbons (Fsp3) is 0.909. The Labute approximate surface area is 113 Å². The zero-order valence-electron chi connectivity index (χ0n) is 10.0. The molecule has 2 heterocycles. The monoisotopic (exact) mass is 280 g/mol. The summed E-state index contributed by atoms with van der Waals surface area (Å²) < 4.78 is 5.33. The molecule has 2 N–H and O–H groups in total. The predicted octanol–water partition coefficient (Wildman–Crippen LogP) is 0.739. The van der Waals surface area contributed by atoms with Crippen LogP contribution in [0.3, 0.4) is 0 Å². The van der Waals surface area contributed by atoms with Crippen molar-refractivity contribution in [3.05, 3.63) is 0 Å². The summed E-state index contributed by atoms with van der Waals surface area (Å²) in [5.41, 5.74) is 5.50. The van der Waals surface area contributed by atoms with E-state index in [-0.39, 0.29) is 23.7 Å². The third kappa shape index (κ3) is 3.28. The van der Waals surface area contributed by atoms with Crippen LogP contribution in [-0.4, -0.2) is 55.2 Å². The first-order valence-corrected chi connectivity index (χ1v) is 7.09. The van der Waals surface area contributed by atoms with Crippen molar-refractivity contribution >= 4 is 30.1 Å². The fourth-order valence-electron chi connectivity index (χ4n) is 2.37. The maximum absolute atomic E-state index is 12.5. The molecular weight excluding hydrogens is 260 g/mol. The van der Waals surface area contributed by atoms with Crippen LogP contribution < -0.4 is 5.73 Å². The Balaban J connectivity index is 0.00000144. The second-order valence-electron chi connectivity index (χ2n) is 4.50. The molecule has 2 aliphatic heterocycles. The van der Waals surface area contributed by atoms with Gasteiger partial charge in [-0.15, -0.1) is 12.4 Å². The Kier molecular flexibility index (Phi) is 6.06. The Morgan fingerprint density at radius 2 is 1.88 bits per heavy atom. The van der Waals surface area contributed by atoms with Crippen LogP contribution in [0.15, 0.2) is 0 Å². The van der Waals surface area contributed by atoms with Gasteiger partial charge in [-0.25, -0.2) is 0 Å². The van der Waals surface area contributed by atoms with Crippen LogP contribution >= 0.6 is 24.2 Å². The van der Waals surface area contributed by atoms with Gasteiger partial charge in [-0.05, 0) is 12.8 Å². The highest BCUT2D eigenvalue weighted by molar-refractivity contribution is 7.99. The number of ether oxygens (including phenoxy) is 1. The van der Waals surface area contributed by atoms with Gasteiger partial charge in [-0.1, -0.05) is 0 Å². The highest BCUT2D eigenvalue weighted by Crippen LogP contribution is 2.32. The number of thioether (sulfide) groups is 1. The van der Waals surface area contributed by atoms with Crippen LogP contribution in [0.4, 0.5) is 0 Å². The summed E-state index contributed by atoms with van der Waals surface area (Å²) in [5.74, 6) is 2.38. The first kappa shape index (κ1) is 15.1. The fourth-order valence-corrected chi connectivity index (χ4v) is 3.27. The topological polar surface area (TPSA) is 55.6 Å². The average molecular weight is 281 g/mol. The van der Waals surface area contributed by atoms with Gasteiger partial charge in [0.2, 0.25) is 5.91 Å². The molecule has 2 aliphatic rings. The average Bonchev–Trinajstić information content (AvgIpc) is 2.39. The highest BCUT2D eigenvalue weighted by atomic mass is 35.5. The van der Waals surface area contributed by atoms with Crippen molar-refractivity contribution in [1.29, 1.82) is 0 Å². The second kappa shape index (κ2) is 6.83. The van der Waals surface area contributed by atoms with E-state index < -0.39 is 0 Å². The van der Waals surface area contributed by atoms with E-state index in [9.17, 15) is 4.79 Å². The van der Waals surface area contributed by atoms with Crippen molar-refractivity contribution in [3.8, 4) is 0 Å². The number of nitrogens with zero attached hydrogens (tertiary/aromatic N) is 1. The van der Waals surface area contributed by atoms with Crippen molar-refractivity contribution in [1.82, 2.24) is 4.90 Å². The summed E-state index contributed by atoms with van der Waals surface area (Å²) in [6, 6.07) is 0. The molecule has 6 heteroatoms. The number of carbonyl (C=O) groups is 1. The van der Waals surface area contributed by atoms with Crippen LogP contribution in [0.1, 0.15) is 12.8 Å². The number of amides is 1. The molecule has 2 saturated heterocycles. The van der Waals surface area contributed by atoms with Crippen molar-refractivity contribution in [2.45, 2.75) is 12.8 Å². The molecule has 0 bridgehead atoms. The molecule has 0 radical (unpaired) electrons. The lowest BCUT2D eigenvalue weighted by atomic mass is 9.79. The highest BCUT2D eigenvalue weighted by Gasteiger charge is 2.41. The smallest absolute Gasteiger partial charge is 0.230 e. The van der Waals surface area contributed by atoms with E-state index in [0.717, 1.165) is 37.4 Å². The van der Waals surface area contributed by atoms with Gasteiger partial charge in [-0.2, -0.15) is 11.8 Å². The molecule has 0 aliphatic carbocycles. The van der Waals surface area contributed by atoms with Gasteiger partial charge in [0.05, 0.1) is 5.41 Å². The van der Waals surface area contributed by atoms with E-state index in [1.165, 1.54) is 0 Å². The van der Waals surface area contributed by atoms with Crippen LogP contribution in [-0.2, 0) is 9.53 Å². The molecule has 0 spiro atoms. The maximum Gasteiger partial charge on any atom is 0.230 e. The standard InChI is InChI=1S/C11H20N2O2S.ClH/c12-9-11(1-5-15-6-2-11)10(14)13-3-7-16-8-4-13;/h1-9,12H2;1H. The number of nitrogens with two attached hydrogens (primary N) is 1. The lowest BCUT2D eigenvalue weighted by Crippen LogP contribution is -2.52. The molecule has 100 valence electrons. The van der Waals surface area contributed by atoms with Gasteiger partial charge in [0.1, 0.15) is 0 Å². The summed E-state index contributed by atoms with van der Waals surface area (Å²) in [5, 5.41) is 0. The van der Waals surface area contributed by atoms with Gasteiger partial charge in [0.25, 0.3) is 0 Å². The van der Waals surface area contributed by atoms with Gasteiger partial charge >= 0.3 is 0 Å².